The Morgan fingerprint density at radius 3 is 2.81 bits per heavy atom. The summed E-state index contributed by atoms with van der Waals surface area (Å²) in [6.45, 7) is 6.04. The van der Waals surface area contributed by atoms with E-state index in [9.17, 15) is 9.90 Å². The first-order valence-electron chi connectivity index (χ1n) is 7.65. The van der Waals surface area contributed by atoms with Crippen LogP contribution in [0.5, 0.6) is 0 Å². The first-order valence-corrected chi connectivity index (χ1v) is 7.65. The highest BCUT2D eigenvalue weighted by molar-refractivity contribution is 5.92. The molecule has 1 fully saturated rings. The van der Waals surface area contributed by atoms with Crippen LogP contribution < -0.4 is 5.32 Å². The van der Waals surface area contributed by atoms with E-state index in [0.29, 0.717) is 24.6 Å². The van der Waals surface area contributed by atoms with Gasteiger partial charge < -0.3 is 15.3 Å². The molecule has 1 saturated heterocycles. The van der Waals surface area contributed by atoms with E-state index in [0.717, 1.165) is 25.8 Å². The molecule has 2 rings (SSSR count). The van der Waals surface area contributed by atoms with Crippen molar-refractivity contribution in [3.8, 4) is 0 Å². The molecule has 0 radical (unpaired) electrons. The number of carbonyl (C=O) groups excluding carboxylic acids is 1. The Kier molecular flexibility index (Phi) is 5.50. The maximum absolute atomic E-state index is 12.4. The Morgan fingerprint density at radius 2 is 2.19 bits per heavy atom. The quantitative estimate of drug-likeness (QED) is 0.860. The van der Waals surface area contributed by atoms with E-state index in [1.807, 2.05) is 6.92 Å². The number of hydrogen-bond donors (Lipinski definition) is 2. The van der Waals surface area contributed by atoms with Gasteiger partial charge in [0.05, 0.1) is 18.5 Å². The summed E-state index contributed by atoms with van der Waals surface area (Å²) in [6, 6.07) is 0. The average Bonchev–Trinajstić information content (AvgIpc) is 2.52. The van der Waals surface area contributed by atoms with Gasteiger partial charge in [-0.3, -0.25) is 9.78 Å². The maximum atomic E-state index is 12.4. The van der Waals surface area contributed by atoms with Crippen molar-refractivity contribution in [2.75, 3.05) is 25.0 Å². The van der Waals surface area contributed by atoms with Gasteiger partial charge in [-0.25, -0.2) is 4.98 Å². The molecule has 0 saturated carbocycles. The molecule has 0 spiro atoms. The van der Waals surface area contributed by atoms with Gasteiger partial charge in [-0.15, -0.1) is 0 Å². The highest BCUT2D eigenvalue weighted by atomic mass is 16.3. The Bertz CT molecular complexity index is 470. The predicted octanol–water partition coefficient (Wildman–Crippen LogP) is 1.53. The molecule has 116 valence electrons. The summed E-state index contributed by atoms with van der Waals surface area (Å²) in [5, 5.41) is 12.7. The maximum Gasteiger partial charge on any atom is 0.274 e. The van der Waals surface area contributed by atoms with Crippen molar-refractivity contribution >= 4 is 11.7 Å². The van der Waals surface area contributed by atoms with Crippen molar-refractivity contribution in [2.45, 2.75) is 39.2 Å². The fourth-order valence-corrected chi connectivity index (χ4v) is 2.55. The highest BCUT2D eigenvalue weighted by Gasteiger charge is 2.26. The number of aromatic nitrogens is 2. The molecule has 0 bridgehead atoms. The molecule has 1 unspecified atom stereocenters. The Balaban J connectivity index is 1.97. The zero-order valence-corrected chi connectivity index (χ0v) is 12.7. The summed E-state index contributed by atoms with van der Waals surface area (Å²) >= 11 is 0. The normalized spacial score (nSPS) is 17.6. The summed E-state index contributed by atoms with van der Waals surface area (Å²) in [5.41, 5.74) is 0.381. The predicted molar refractivity (Wildman–Crippen MR) is 81.1 cm³/mol. The molecule has 0 aliphatic carbocycles. The van der Waals surface area contributed by atoms with Crippen molar-refractivity contribution in [1.29, 1.82) is 0 Å². The Labute approximate surface area is 125 Å². The van der Waals surface area contributed by atoms with Gasteiger partial charge in [0.15, 0.2) is 0 Å². The van der Waals surface area contributed by atoms with Gasteiger partial charge >= 0.3 is 0 Å². The van der Waals surface area contributed by atoms with E-state index in [1.54, 1.807) is 11.1 Å². The topological polar surface area (TPSA) is 78.4 Å². The number of hydrogen-bond acceptors (Lipinski definition) is 5. The third-order valence-corrected chi connectivity index (χ3v) is 3.92. The third kappa shape index (κ3) is 4.14. The summed E-state index contributed by atoms with van der Waals surface area (Å²) in [4.78, 5) is 22.6. The van der Waals surface area contributed by atoms with Crippen LogP contribution in [0.25, 0.3) is 0 Å². The van der Waals surface area contributed by atoms with Crippen LogP contribution in [0.1, 0.15) is 43.6 Å². The average molecular weight is 292 g/mol. The molecule has 1 aromatic rings. The largest absolute Gasteiger partial charge is 0.393 e. The molecule has 0 aromatic carbocycles. The van der Waals surface area contributed by atoms with Gasteiger partial charge in [-0.05, 0) is 32.1 Å². The number of anilines is 1. The van der Waals surface area contributed by atoms with E-state index in [2.05, 4.69) is 22.2 Å². The van der Waals surface area contributed by atoms with Crippen molar-refractivity contribution in [3.63, 3.8) is 0 Å². The fraction of sp³-hybridized carbons (Fsp3) is 0.667. The van der Waals surface area contributed by atoms with Gasteiger partial charge in [0.25, 0.3) is 5.91 Å². The molecule has 2 N–H and O–H groups in total. The number of amides is 1. The molecule has 1 aliphatic rings. The number of likely N-dealkylation sites (tertiary alicyclic amines) is 1. The molecular formula is C15H24N4O2. The van der Waals surface area contributed by atoms with Gasteiger partial charge in [-0.2, -0.15) is 0 Å². The second-order valence-electron chi connectivity index (χ2n) is 5.59. The lowest BCUT2D eigenvalue weighted by Gasteiger charge is -2.33. The van der Waals surface area contributed by atoms with Crippen molar-refractivity contribution < 1.29 is 9.90 Å². The van der Waals surface area contributed by atoms with E-state index >= 15 is 0 Å². The van der Waals surface area contributed by atoms with E-state index < -0.39 is 0 Å². The Hall–Kier alpha value is -1.69. The number of piperidine rings is 1. The van der Waals surface area contributed by atoms with E-state index in [-0.39, 0.29) is 17.9 Å². The monoisotopic (exact) mass is 292 g/mol. The van der Waals surface area contributed by atoms with Crippen molar-refractivity contribution in [1.82, 2.24) is 14.9 Å². The summed E-state index contributed by atoms with van der Waals surface area (Å²) in [7, 11) is 0. The number of aliphatic hydroxyl groups excluding tert-OH is 1. The second-order valence-corrected chi connectivity index (χ2v) is 5.59. The van der Waals surface area contributed by atoms with Crippen molar-refractivity contribution in [2.24, 2.45) is 5.92 Å². The molecule has 6 nitrogen and oxygen atoms in total. The molecular weight excluding hydrogens is 268 g/mol. The van der Waals surface area contributed by atoms with Crippen LogP contribution in [-0.4, -0.2) is 51.6 Å². The molecule has 1 amide bonds. The number of rotatable bonds is 5. The van der Waals surface area contributed by atoms with E-state index in [1.165, 1.54) is 6.20 Å². The Morgan fingerprint density at radius 1 is 1.48 bits per heavy atom. The zero-order valence-electron chi connectivity index (χ0n) is 12.7. The molecule has 6 heteroatoms. The van der Waals surface area contributed by atoms with Crippen LogP contribution in [0.2, 0.25) is 0 Å². The van der Waals surface area contributed by atoms with Crippen LogP contribution in [0, 0.1) is 5.92 Å². The third-order valence-electron chi connectivity index (χ3n) is 3.92. The lowest BCUT2D eigenvalue weighted by atomic mass is 9.92. The first-order chi connectivity index (χ1) is 10.1. The molecule has 1 atom stereocenters. The summed E-state index contributed by atoms with van der Waals surface area (Å²) in [5.74, 6) is 0.853. The number of nitrogens with zero attached hydrogens (tertiary/aromatic N) is 3. The fourth-order valence-electron chi connectivity index (χ4n) is 2.55. The zero-order chi connectivity index (χ0) is 15.2. The van der Waals surface area contributed by atoms with E-state index in [4.69, 9.17) is 0 Å². The summed E-state index contributed by atoms with van der Waals surface area (Å²) < 4.78 is 0. The minimum atomic E-state index is -0.302. The minimum absolute atomic E-state index is 0.0771. The van der Waals surface area contributed by atoms with Crippen molar-refractivity contribution in [3.05, 3.63) is 18.1 Å². The highest BCUT2D eigenvalue weighted by Crippen LogP contribution is 2.21. The van der Waals surface area contributed by atoms with Crippen LogP contribution in [0.4, 0.5) is 5.82 Å². The second kappa shape index (κ2) is 7.36. The molecule has 2 heterocycles. The molecule has 1 aromatic heterocycles. The van der Waals surface area contributed by atoms with Crippen LogP contribution >= 0.6 is 0 Å². The molecule has 21 heavy (non-hydrogen) atoms. The van der Waals surface area contributed by atoms with Gasteiger partial charge in [0.1, 0.15) is 11.5 Å². The van der Waals surface area contributed by atoms with Crippen LogP contribution in [0.15, 0.2) is 12.4 Å². The van der Waals surface area contributed by atoms with Crippen LogP contribution in [0.3, 0.4) is 0 Å². The standard InChI is InChI=1S/C15H24N4O2/c1-3-6-17-14-10-16-9-13(18-14)15(21)19-7-4-12(5-8-19)11(2)20/h9-12,20H,3-8H2,1-2H3,(H,17,18). The van der Waals surface area contributed by atoms with Gasteiger partial charge in [0, 0.05) is 19.6 Å². The number of nitrogens with one attached hydrogen (secondary N) is 1. The van der Waals surface area contributed by atoms with Gasteiger partial charge in [0.2, 0.25) is 0 Å². The minimum Gasteiger partial charge on any atom is -0.393 e. The lowest BCUT2D eigenvalue weighted by molar-refractivity contribution is 0.0517. The SMILES string of the molecule is CCCNc1cncc(C(=O)N2CCC(C(C)O)CC2)n1. The smallest absolute Gasteiger partial charge is 0.274 e. The molecule has 1 aliphatic heterocycles. The van der Waals surface area contributed by atoms with Gasteiger partial charge in [-0.1, -0.05) is 6.92 Å². The lowest BCUT2D eigenvalue weighted by Crippen LogP contribution is -2.41. The summed E-state index contributed by atoms with van der Waals surface area (Å²) in [6.07, 6.45) is 5.51. The van der Waals surface area contributed by atoms with Crippen LogP contribution in [-0.2, 0) is 0 Å². The number of aliphatic hydroxyl groups is 1. The first kappa shape index (κ1) is 15.7. The number of carbonyl (C=O) groups is 1.